The van der Waals surface area contributed by atoms with Crippen molar-refractivity contribution >= 4 is 6.29 Å². The lowest BCUT2D eigenvalue weighted by Crippen LogP contribution is -1.95. The van der Waals surface area contributed by atoms with E-state index in [1.54, 1.807) is 14.2 Å². The average molecular weight is 250 g/mol. The smallest absolute Gasteiger partial charge is 0.386 e. The van der Waals surface area contributed by atoms with Crippen molar-refractivity contribution in [1.29, 1.82) is 0 Å². The normalized spacial score (nSPS) is 9.35. The fourth-order valence-electron chi connectivity index (χ4n) is 0.719. The Bertz CT molecular complexity index is 303. The summed E-state index contributed by atoms with van der Waals surface area (Å²) in [5, 5.41) is 0. The molecule has 1 aromatic carbocycles. The maximum Gasteiger partial charge on any atom is 0.386 e. The number of methoxy groups -OCH3 is 1. The molecule has 0 aliphatic carbocycles. The van der Waals surface area contributed by atoms with Gasteiger partial charge in [0.05, 0.1) is 0 Å². The van der Waals surface area contributed by atoms with Crippen molar-refractivity contribution in [3.8, 4) is 0 Å². The number of ether oxygens (including phenoxy) is 1. The first kappa shape index (κ1) is 18.0. The van der Waals surface area contributed by atoms with Gasteiger partial charge < -0.3 is 4.74 Å². The fraction of sp³-hybridized carbons (Fsp3) is 0.417. The number of hydrogen-bond acceptors (Lipinski definition) is 2. The highest BCUT2D eigenvalue weighted by atomic mass is 19.4. The van der Waals surface area contributed by atoms with Crippen molar-refractivity contribution in [2.75, 3.05) is 14.2 Å². The Kier molecular flexibility index (Phi) is 10.4. The minimum Gasteiger partial charge on any atom is -0.388 e. The summed E-state index contributed by atoms with van der Waals surface area (Å²) < 4.78 is 35.3. The summed E-state index contributed by atoms with van der Waals surface area (Å²) in [5.74, 6) is 0. The van der Waals surface area contributed by atoms with Gasteiger partial charge in [0, 0.05) is 26.7 Å². The van der Waals surface area contributed by atoms with Gasteiger partial charge >= 0.3 is 6.18 Å². The van der Waals surface area contributed by atoms with E-state index in [0.29, 0.717) is 0 Å². The molecule has 5 heteroatoms. The summed E-state index contributed by atoms with van der Waals surface area (Å²) in [7, 11) is 3.25. The van der Waals surface area contributed by atoms with Crippen LogP contribution < -0.4 is 0 Å². The molecule has 0 fully saturated rings. The van der Waals surface area contributed by atoms with Crippen LogP contribution in [0.4, 0.5) is 13.2 Å². The van der Waals surface area contributed by atoms with E-state index in [2.05, 4.69) is 4.74 Å². The molecule has 0 amide bonds. The van der Waals surface area contributed by atoms with Crippen LogP contribution in [-0.4, -0.2) is 26.7 Å². The Labute approximate surface area is 99.4 Å². The van der Waals surface area contributed by atoms with Gasteiger partial charge in [0.1, 0.15) is 6.29 Å². The van der Waals surface area contributed by atoms with Gasteiger partial charge in [-0.05, 0) is 12.5 Å². The highest BCUT2D eigenvalue weighted by Gasteiger charge is 2.15. The zero-order valence-electron chi connectivity index (χ0n) is 10.3. The molecule has 0 heterocycles. The van der Waals surface area contributed by atoms with Gasteiger partial charge in [0.2, 0.25) is 0 Å². The van der Waals surface area contributed by atoms with Gasteiger partial charge in [0.15, 0.2) is 0 Å². The molecule has 98 valence electrons. The monoisotopic (exact) mass is 250 g/mol. The van der Waals surface area contributed by atoms with Crippen molar-refractivity contribution in [3.63, 3.8) is 0 Å². The van der Waals surface area contributed by atoms with Crippen LogP contribution >= 0.6 is 0 Å². The van der Waals surface area contributed by atoms with Crippen molar-refractivity contribution in [3.05, 3.63) is 35.4 Å². The summed E-state index contributed by atoms with van der Waals surface area (Å²) in [4.78, 5) is 10.2. The van der Waals surface area contributed by atoms with E-state index in [4.69, 9.17) is 0 Å². The van der Waals surface area contributed by atoms with Crippen molar-refractivity contribution in [2.45, 2.75) is 20.0 Å². The van der Waals surface area contributed by atoms with Crippen LogP contribution in [0, 0.1) is 6.92 Å². The second kappa shape index (κ2) is 9.84. The maximum absolute atomic E-state index is 10.4. The molecule has 0 radical (unpaired) electrons. The third-order valence-corrected chi connectivity index (χ3v) is 1.32. The van der Waals surface area contributed by atoms with E-state index in [1.807, 2.05) is 31.2 Å². The predicted octanol–water partition coefficient (Wildman–Crippen LogP) is 3.64. The molecule has 0 atom stereocenters. The number of benzene rings is 1. The molecule has 0 aliphatic heterocycles. The first-order chi connectivity index (χ1) is 7.76. The molecule has 0 saturated carbocycles. The second-order valence-corrected chi connectivity index (χ2v) is 3.16. The van der Waals surface area contributed by atoms with Crippen LogP contribution in [0.1, 0.15) is 22.8 Å². The SMILES string of the molecule is CC(F)(F)F.COC.Cc1ccccc1C=O. The molecule has 0 bridgehead atoms. The summed E-state index contributed by atoms with van der Waals surface area (Å²) in [6.07, 6.45) is -3.13. The number of rotatable bonds is 1. The van der Waals surface area contributed by atoms with Gasteiger partial charge in [-0.1, -0.05) is 24.3 Å². The summed E-state index contributed by atoms with van der Waals surface area (Å²) in [5.41, 5.74) is 1.81. The van der Waals surface area contributed by atoms with E-state index >= 15 is 0 Å². The van der Waals surface area contributed by atoms with E-state index in [1.165, 1.54) is 0 Å². The van der Waals surface area contributed by atoms with E-state index in [9.17, 15) is 18.0 Å². The molecular formula is C12H17F3O2. The minimum atomic E-state index is -4.00. The topological polar surface area (TPSA) is 26.3 Å². The zero-order chi connectivity index (χ0) is 13.9. The Morgan fingerprint density at radius 1 is 1.18 bits per heavy atom. The number of carbonyl (C=O) groups is 1. The van der Waals surface area contributed by atoms with Gasteiger partial charge in [-0.2, -0.15) is 13.2 Å². The molecule has 0 aliphatic rings. The number of alkyl halides is 3. The summed E-state index contributed by atoms with van der Waals surface area (Å²) in [6, 6.07) is 7.51. The van der Waals surface area contributed by atoms with Crippen LogP contribution in [0.15, 0.2) is 24.3 Å². The first-order valence-electron chi connectivity index (χ1n) is 4.74. The van der Waals surface area contributed by atoms with Gasteiger partial charge in [-0.3, -0.25) is 4.79 Å². The predicted molar refractivity (Wildman–Crippen MR) is 61.2 cm³/mol. The van der Waals surface area contributed by atoms with Gasteiger partial charge in [-0.25, -0.2) is 0 Å². The van der Waals surface area contributed by atoms with E-state index in [-0.39, 0.29) is 6.92 Å². The standard InChI is InChI=1S/C8H8O.C2H3F3.C2H6O/c1-7-4-2-3-5-8(7)6-9;1-2(3,4)5;1-3-2/h2-6H,1H3;1H3;1-2H3. The van der Waals surface area contributed by atoms with Gasteiger partial charge in [-0.15, -0.1) is 0 Å². The summed E-state index contributed by atoms with van der Waals surface area (Å²) in [6.45, 7) is 2.11. The number of aldehydes is 1. The van der Waals surface area contributed by atoms with Crippen molar-refractivity contribution < 1.29 is 22.7 Å². The molecular weight excluding hydrogens is 233 g/mol. The Hall–Kier alpha value is -1.36. The third-order valence-electron chi connectivity index (χ3n) is 1.32. The first-order valence-corrected chi connectivity index (χ1v) is 4.74. The Balaban J connectivity index is 0. The number of carbonyl (C=O) groups excluding carboxylic acids is 1. The molecule has 1 rings (SSSR count). The van der Waals surface area contributed by atoms with Gasteiger partial charge in [0.25, 0.3) is 0 Å². The number of hydrogen-bond donors (Lipinski definition) is 0. The molecule has 2 nitrogen and oxygen atoms in total. The molecule has 0 N–H and O–H groups in total. The quantitative estimate of drug-likeness (QED) is 0.711. The van der Waals surface area contributed by atoms with Crippen LogP contribution in [0.5, 0.6) is 0 Å². The van der Waals surface area contributed by atoms with Crippen LogP contribution in [0.2, 0.25) is 0 Å². The number of aryl methyl sites for hydroxylation is 1. The zero-order valence-corrected chi connectivity index (χ0v) is 10.3. The van der Waals surface area contributed by atoms with E-state index in [0.717, 1.165) is 17.4 Å². The summed E-state index contributed by atoms with van der Waals surface area (Å²) >= 11 is 0. The lowest BCUT2D eigenvalue weighted by Gasteiger charge is -1.92. The Morgan fingerprint density at radius 3 is 1.76 bits per heavy atom. The molecule has 17 heavy (non-hydrogen) atoms. The molecule has 0 saturated heterocycles. The highest BCUT2D eigenvalue weighted by Crippen LogP contribution is 2.10. The highest BCUT2D eigenvalue weighted by molar-refractivity contribution is 5.76. The molecule has 1 aromatic rings. The second-order valence-electron chi connectivity index (χ2n) is 3.16. The maximum atomic E-state index is 10.4. The van der Waals surface area contributed by atoms with Crippen molar-refractivity contribution in [2.24, 2.45) is 0 Å². The van der Waals surface area contributed by atoms with Crippen LogP contribution in [0.3, 0.4) is 0 Å². The molecule has 0 spiro atoms. The third kappa shape index (κ3) is 17.3. The molecule has 0 aromatic heterocycles. The van der Waals surface area contributed by atoms with Crippen molar-refractivity contribution in [1.82, 2.24) is 0 Å². The lowest BCUT2D eigenvalue weighted by atomic mass is 10.1. The van der Waals surface area contributed by atoms with Crippen LogP contribution in [0.25, 0.3) is 0 Å². The Morgan fingerprint density at radius 2 is 1.53 bits per heavy atom. The van der Waals surface area contributed by atoms with Crippen LogP contribution in [-0.2, 0) is 4.74 Å². The molecule has 0 unspecified atom stereocenters. The average Bonchev–Trinajstić information content (AvgIpc) is 2.17. The fourth-order valence-corrected chi connectivity index (χ4v) is 0.719. The largest absolute Gasteiger partial charge is 0.388 e. The number of halogens is 3. The minimum absolute atomic E-state index is 0.188. The van der Waals surface area contributed by atoms with E-state index < -0.39 is 6.18 Å². The lowest BCUT2D eigenvalue weighted by molar-refractivity contribution is -0.110.